The van der Waals surface area contributed by atoms with Gasteiger partial charge in [-0.15, -0.1) is 11.6 Å². The van der Waals surface area contributed by atoms with Gasteiger partial charge >= 0.3 is 0 Å². The fourth-order valence-corrected chi connectivity index (χ4v) is 2.20. The second kappa shape index (κ2) is 5.35. The molecule has 0 bridgehead atoms. The number of nitrogens with zero attached hydrogens (tertiary/aromatic N) is 2. The average Bonchev–Trinajstić information content (AvgIpc) is 2.38. The Labute approximate surface area is 105 Å². The third kappa shape index (κ3) is 3.22. The zero-order valence-electron chi connectivity index (χ0n) is 9.72. The highest BCUT2D eigenvalue weighted by molar-refractivity contribution is 9.10. The molecule has 0 fully saturated rings. The molecule has 15 heavy (non-hydrogen) atoms. The molecule has 0 spiro atoms. The molecular formula is C11H18BrClN2. The number of hydrogen-bond acceptors (Lipinski definition) is 1. The van der Waals surface area contributed by atoms with Crippen LogP contribution >= 0.6 is 27.5 Å². The van der Waals surface area contributed by atoms with Crippen LogP contribution in [-0.2, 0) is 13.5 Å². The molecule has 86 valence electrons. The zero-order valence-corrected chi connectivity index (χ0v) is 12.1. The van der Waals surface area contributed by atoms with Crippen molar-refractivity contribution in [1.82, 2.24) is 9.78 Å². The van der Waals surface area contributed by atoms with Gasteiger partial charge in [-0.25, -0.2) is 0 Å². The summed E-state index contributed by atoms with van der Waals surface area (Å²) in [5.74, 6) is 0.528. The summed E-state index contributed by atoms with van der Waals surface area (Å²) < 4.78 is 3.06. The summed E-state index contributed by atoms with van der Waals surface area (Å²) >= 11 is 9.79. The Morgan fingerprint density at radius 2 is 2.07 bits per heavy atom. The molecule has 0 aliphatic heterocycles. The summed E-state index contributed by atoms with van der Waals surface area (Å²) in [5, 5.41) is 4.60. The third-order valence-electron chi connectivity index (χ3n) is 2.64. The summed E-state index contributed by atoms with van der Waals surface area (Å²) in [7, 11) is 1.98. The minimum Gasteiger partial charge on any atom is -0.271 e. The molecule has 0 saturated heterocycles. The zero-order chi connectivity index (χ0) is 11.6. The predicted molar refractivity (Wildman–Crippen MR) is 68.4 cm³/mol. The van der Waals surface area contributed by atoms with Gasteiger partial charge in [0.05, 0.1) is 15.9 Å². The summed E-state index contributed by atoms with van der Waals surface area (Å²) in [6.07, 6.45) is 1.97. The third-order valence-corrected chi connectivity index (χ3v) is 4.40. The maximum atomic E-state index is 6.23. The van der Waals surface area contributed by atoms with Crippen LogP contribution in [0.15, 0.2) is 4.47 Å². The first-order valence-corrected chi connectivity index (χ1v) is 6.48. The first kappa shape index (κ1) is 13.0. The molecule has 1 unspecified atom stereocenters. The van der Waals surface area contributed by atoms with Gasteiger partial charge in [-0.3, -0.25) is 4.68 Å². The summed E-state index contributed by atoms with van der Waals surface area (Å²) in [5.41, 5.74) is 2.28. The fraction of sp³-hybridized carbons (Fsp3) is 0.727. The van der Waals surface area contributed by atoms with Crippen molar-refractivity contribution in [3.8, 4) is 0 Å². The van der Waals surface area contributed by atoms with Crippen molar-refractivity contribution >= 4 is 27.5 Å². The van der Waals surface area contributed by atoms with Gasteiger partial charge in [0.15, 0.2) is 0 Å². The van der Waals surface area contributed by atoms with Gasteiger partial charge < -0.3 is 0 Å². The van der Waals surface area contributed by atoms with E-state index >= 15 is 0 Å². The van der Waals surface area contributed by atoms with Gasteiger partial charge in [0.1, 0.15) is 0 Å². The molecule has 0 aromatic carbocycles. The Morgan fingerprint density at radius 3 is 2.47 bits per heavy atom. The Kier molecular flexibility index (Phi) is 4.65. The smallest absolute Gasteiger partial charge is 0.0738 e. The molecule has 1 aromatic rings. The molecule has 0 aliphatic rings. The molecule has 0 radical (unpaired) electrons. The molecule has 0 saturated carbocycles. The van der Waals surface area contributed by atoms with Crippen LogP contribution in [-0.4, -0.2) is 15.2 Å². The second-order valence-corrected chi connectivity index (χ2v) is 5.62. The molecule has 1 atom stereocenters. The van der Waals surface area contributed by atoms with Crippen LogP contribution in [0.5, 0.6) is 0 Å². The Hall–Kier alpha value is -0.0200. The normalized spacial score (nSPS) is 13.5. The van der Waals surface area contributed by atoms with E-state index in [4.69, 9.17) is 11.6 Å². The minimum atomic E-state index is 0.243. The fourth-order valence-electron chi connectivity index (χ4n) is 1.56. The second-order valence-electron chi connectivity index (χ2n) is 4.27. The Morgan fingerprint density at radius 1 is 1.47 bits per heavy atom. The number of halogens is 2. The van der Waals surface area contributed by atoms with Crippen molar-refractivity contribution in [2.75, 3.05) is 0 Å². The van der Waals surface area contributed by atoms with E-state index in [2.05, 4.69) is 34.9 Å². The molecular weight excluding hydrogens is 275 g/mol. The predicted octanol–water partition coefficient (Wildman–Crippen LogP) is 3.69. The van der Waals surface area contributed by atoms with E-state index < -0.39 is 0 Å². The monoisotopic (exact) mass is 292 g/mol. The maximum absolute atomic E-state index is 6.23. The highest BCUT2D eigenvalue weighted by Gasteiger charge is 2.14. The first-order valence-electron chi connectivity index (χ1n) is 5.25. The van der Waals surface area contributed by atoms with Crippen LogP contribution < -0.4 is 0 Å². The Bertz CT molecular complexity index is 334. The van der Waals surface area contributed by atoms with Crippen LogP contribution in [0.25, 0.3) is 0 Å². The summed E-state index contributed by atoms with van der Waals surface area (Å²) in [4.78, 5) is 0. The lowest BCUT2D eigenvalue weighted by molar-refractivity contribution is 0.553. The molecule has 0 aliphatic carbocycles. The lowest BCUT2D eigenvalue weighted by Crippen LogP contribution is -2.10. The number of rotatable bonds is 4. The standard InChI is InChI=1S/C11H18BrClN2/c1-7(2)9(13)5-6-10-11(12)8(3)14-15(10)4/h7,9H,5-6H2,1-4H3. The van der Waals surface area contributed by atoms with E-state index in [1.165, 1.54) is 5.69 Å². The summed E-state index contributed by atoms with van der Waals surface area (Å²) in [6, 6.07) is 0. The highest BCUT2D eigenvalue weighted by atomic mass is 79.9. The van der Waals surface area contributed by atoms with Crippen molar-refractivity contribution in [3.63, 3.8) is 0 Å². The molecule has 1 aromatic heterocycles. The first-order chi connectivity index (χ1) is 6.93. The van der Waals surface area contributed by atoms with E-state index in [9.17, 15) is 0 Å². The van der Waals surface area contributed by atoms with Crippen molar-refractivity contribution in [2.24, 2.45) is 13.0 Å². The van der Waals surface area contributed by atoms with Gasteiger partial charge in [-0.1, -0.05) is 13.8 Å². The molecule has 1 heterocycles. The highest BCUT2D eigenvalue weighted by Crippen LogP contribution is 2.24. The number of alkyl halides is 1. The number of aryl methyl sites for hydroxylation is 2. The van der Waals surface area contributed by atoms with Gasteiger partial charge in [-0.05, 0) is 41.6 Å². The summed E-state index contributed by atoms with van der Waals surface area (Å²) in [6.45, 7) is 6.32. The van der Waals surface area contributed by atoms with Crippen LogP contribution in [0.1, 0.15) is 31.7 Å². The molecule has 4 heteroatoms. The molecule has 0 amide bonds. The largest absolute Gasteiger partial charge is 0.271 e. The van der Waals surface area contributed by atoms with E-state index in [-0.39, 0.29) is 5.38 Å². The van der Waals surface area contributed by atoms with Crippen molar-refractivity contribution in [1.29, 1.82) is 0 Å². The lowest BCUT2D eigenvalue weighted by Gasteiger charge is -2.13. The van der Waals surface area contributed by atoms with Gasteiger partial charge in [0, 0.05) is 12.4 Å². The van der Waals surface area contributed by atoms with E-state index in [0.29, 0.717) is 5.92 Å². The van der Waals surface area contributed by atoms with Gasteiger partial charge in [-0.2, -0.15) is 5.10 Å². The van der Waals surface area contributed by atoms with Gasteiger partial charge in [0.25, 0.3) is 0 Å². The van der Waals surface area contributed by atoms with Crippen molar-refractivity contribution < 1.29 is 0 Å². The molecule has 0 N–H and O–H groups in total. The van der Waals surface area contributed by atoms with E-state index in [1.807, 2.05) is 18.7 Å². The topological polar surface area (TPSA) is 17.8 Å². The number of aromatic nitrogens is 2. The van der Waals surface area contributed by atoms with Gasteiger partial charge in [0.2, 0.25) is 0 Å². The number of hydrogen-bond donors (Lipinski definition) is 0. The van der Waals surface area contributed by atoms with E-state index in [0.717, 1.165) is 23.0 Å². The average molecular weight is 294 g/mol. The minimum absolute atomic E-state index is 0.243. The van der Waals surface area contributed by atoms with E-state index in [1.54, 1.807) is 0 Å². The van der Waals surface area contributed by atoms with Crippen LogP contribution in [0, 0.1) is 12.8 Å². The van der Waals surface area contributed by atoms with Crippen molar-refractivity contribution in [3.05, 3.63) is 15.9 Å². The Balaban J connectivity index is 2.65. The maximum Gasteiger partial charge on any atom is 0.0738 e. The van der Waals surface area contributed by atoms with Crippen LogP contribution in [0.4, 0.5) is 0 Å². The van der Waals surface area contributed by atoms with Crippen LogP contribution in [0.2, 0.25) is 0 Å². The van der Waals surface area contributed by atoms with Crippen molar-refractivity contribution in [2.45, 2.75) is 39.0 Å². The quantitative estimate of drug-likeness (QED) is 0.774. The molecule has 1 rings (SSSR count). The SMILES string of the molecule is Cc1nn(C)c(CCC(Cl)C(C)C)c1Br. The van der Waals surface area contributed by atoms with Crippen LogP contribution in [0.3, 0.4) is 0 Å². The molecule has 2 nitrogen and oxygen atoms in total. The lowest BCUT2D eigenvalue weighted by atomic mass is 10.0.